The van der Waals surface area contributed by atoms with Crippen molar-refractivity contribution in [1.29, 1.82) is 0 Å². The first-order valence-electron chi connectivity index (χ1n) is 8.77. The molecule has 2 aliphatic rings. The lowest BCUT2D eigenvalue weighted by Gasteiger charge is -2.28. The van der Waals surface area contributed by atoms with Gasteiger partial charge in [-0.1, -0.05) is 44.9 Å². The van der Waals surface area contributed by atoms with E-state index in [1.165, 1.54) is 51.4 Å². The van der Waals surface area contributed by atoms with Gasteiger partial charge in [0, 0.05) is 12.5 Å². The van der Waals surface area contributed by atoms with Gasteiger partial charge in [0.1, 0.15) is 0 Å². The number of carbonyl (C=O) groups excluding carboxylic acids is 1. The molecule has 2 fully saturated rings. The van der Waals surface area contributed by atoms with Crippen LogP contribution in [-0.4, -0.2) is 19.0 Å². The minimum Gasteiger partial charge on any atom is -0.356 e. The lowest BCUT2D eigenvalue weighted by Crippen LogP contribution is -2.35. The first kappa shape index (κ1) is 15.8. The van der Waals surface area contributed by atoms with E-state index in [1.54, 1.807) is 0 Å². The van der Waals surface area contributed by atoms with Gasteiger partial charge in [-0.15, -0.1) is 0 Å². The second kappa shape index (κ2) is 8.66. The third-order valence-electron chi connectivity index (χ3n) is 5.31. The smallest absolute Gasteiger partial charge is 0.223 e. The van der Waals surface area contributed by atoms with E-state index in [0.717, 1.165) is 38.3 Å². The van der Waals surface area contributed by atoms with E-state index < -0.39 is 0 Å². The Morgan fingerprint density at radius 3 is 2.45 bits per heavy atom. The van der Waals surface area contributed by atoms with Gasteiger partial charge >= 0.3 is 0 Å². The Labute approximate surface area is 124 Å². The number of nitrogens with one attached hydrogen (secondary N) is 1. The van der Waals surface area contributed by atoms with Crippen LogP contribution < -0.4 is 11.1 Å². The molecule has 3 heteroatoms. The minimum atomic E-state index is 0.256. The number of hydrogen-bond donors (Lipinski definition) is 2. The van der Waals surface area contributed by atoms with Crippen LogP contribution in [-0.2, 0) is 4.79 Å². The van der Waals surface area contributed by atoms with Crippen LogP contribution in [0.1, 0.15) is 70.6 Å². The van der Waals surface area contributed by atoms with Crippen LogP contribution in [0.5, 0.6) is 0 Å². The van der Waals surface area contributed by atoms with E-state index >= 15 is 0 Å². The highest BCUT2D eigenvalue weighted by atomic mass is 16.1. The molecule has 116 valence electrons. The van der Waals surface area contributed by atoms with Crippen molar-refractivity contribution in [2.24, 2.45) is 23.5 Å². The zero-order valence-corrected chi connectivity index (χ0v) is 12.9. The maximum absolute atomic E-state index is 12.2. The van der Waals surface area contributed by atoms with Crippen LogP contribution in [0.2, 0.25) is 0 Å². The number of carbonyl (C=O) groups is 1. The zero-order valence-electron chi connectivity index (χ0n) is 12.9. The van der Waals surface area contributed by atoms with Crippen LogP contribution in [0.3, 0.4) is 0 Å². The normalized spacial score (nSPS) is 28.2. The summed E-state index contributed by atoms with van der Waals surface area (Å²) in [4.78, 5) is 12.2. The summed E-state index contributed by atoms with van der Waals surface area (Å²) in [6.45, 7) is 1.66. The van der Waals surface area contributed by atoms with Gasteiger partial charge in [0.05, 0.1) is 0 Å². The average Bonchev–Trinajstić information content (AvgIpc) is 2.49. The zero-order chi connectivity index (χ0) is 14.2. The predicted molar refractivity (Wildman–Crippen MR) is 83.3 cm³/mol. The summed E-state index contributed by atoms with van der Waals surface area (Å²) in [5.41, 5.74) is 5.64. The summed E-state index contributed by atoms with van der Waals surface area (Å²) < 4.78 is 0. The quantitative estimate of drug-likeness (QED) is 0.785. The molecule has 1 amide bonds. The number of nitrogens with two attached hydrogens (primary N) is 1. The van der Waals surface area contributed by atoms with Crippen molar-refractivity contribution < 1.29 is 4.79 Å². The Kier molecular flexibility index (Phi) is 6.85. The summed E-state index contributed by atoms with van der Waals surface area (Å²) in [7, 11) is 0. The van der Waals surface area contributed by atoms with Crippen LogP contribution >= 0.6 is 0 Å². The van der Waals surface area contributed by atoms with Crippen molar-refractivity contribution in [3.05, 3.63) is 0 Å². The van der Waals surface area contributed by atoms with Crippen LogP contribution in [0.25, 0.3) is 0 Å². The lowest BCUT2D eigenvalue weighted by atomic mass is 9.79. The van der Waals surface area contributed by atoms with E-state index in [4.69, 9.17) is 5.73 Å². The van der Waals surface area contributed by atoms with Crippen molar-refractivity contribution in [1.82, 2.24) is 5.32 Å². The third kappa shape index (κ3) is 5.08. The number of hydrogen-bond acceptors (Lipinski definition) is 2. The molecular formula is C17H32N2O. The van der Waals surface area contributed by atoms with E-state index in [2.05, 4.69) is 5.32 Å². The average molecular weight is 280 g/mol. The molecule has 0 aromatic heterocycles. The molecule has 2 aliphatic carbocycles. The molecule has 0 saturated heterocycles. The molecule has 2 saturated carbocycles. The molecule has 0 aromatic rings. The Morgan fingerprint density at radius 2 is 1.70 bits per heavy atom. The van der Waals surface area contributed by atoms with Gasteiger partial charge < -0.3 is 11.1 Å². The molecule has 0 bridgehead atoms. The fraction of sp³-hybridized carbons (Fsp3) is 0.941. The van der Waals surface area contributed by atoms with Crippen LogP contribution in [0.15, 0.2) is 0 Å². The standard InChI is InChI=1S/C17H32N2O/c18-11-9-15-7-4-8-16(13-15)17(20)19-12-10-14-5-2-1-3-6-14/h14-16H,1-13,18H2,(H,19,20). The minimum absolute atomic E-state index is 0.256. The van der Waals surface area contributed by atoms with Gasteiger partial charge in [-0.05, 0) is 44.1 Å². The Morgan fingerprint density at radius 1 is 0.950 bits per heavy atom. The highest BCUT2D eigenvalue weighted by Crippen LogP contribution is 2.31. The van der Waals surface area contributed by atoms with Crippen molar-refractivity contribution in [3.63, 3.8) is 0 Å². The van der Waals surface area contributed by atoms with Crippen molar-refractivity contribution in [2.45, 2.75) is 70.6 Å². The molecule has 2 atom stereocenters. The first-order valence-corrected chi connectivity index (χ1v) is 8.77. The largest absolute Gasteiger partial charge is 0.356 e. The fourth-order valence-corrected chi connectivity index (χ4v) is 4.05. The van der Waals surface area contributed by atoms with Crippen LogP contribution in [0.4, 0.5) is 0 Å². The topological polar surface area (TPSA) is 55.1 Å². The van der Waals surface area contributed by atoms with Crippen LogP contribution in [0, 0.1) is 17.8 Å². The summed E-state index contributed by atoms with van der Waals surface area (Å²) >= 11 is 0. The SMILES string of the molecule is NCCC1CCCC(C(=O)NCCC2CCCCC2)C1. The maximum atomic E-state index is 12.2. The highest BCUT2D eigenvalue weighted by molar-refractivity contribution is 5.78. The van der Waals surface area contributed by atoms with Gasteiger partial charge in [-0.2, -0.15) is 0 Å². The molecule has 2 rings (SSSR count). The highest BCUT2D eigenvalue weighted by Gasteiger charge is 2.26. The maximum Gasteiger partial charge on any atom is 0.223 e. The molecule has 0 heterocycles. The summed E-state index contributed by atoms with van der Waals surface area (Å²) in [5, 5.41) is 3.19. The Bertz CT molecular complexity index is 285. The second-order valence-electron chi connectivity index (χ2n) is 6.89. The molecule has 0 radical (unpaired) electrons. The molecule has 0 spiro atoms. The van der Waals surface area contributed by atoms with Gasteiger partial charge in [0.15, 0.2) is 0 Å². The molecule has 20 heavy (non-hydrogen) atoms. The summed E-state index contributed by atoms with van der Waals surface area (Å²) in [5.74, 6) is 2.11. The van der Waals surface area contributed by atoms with Gasteiger partial charge in [0.25, 0.3) is 0 Å². The monoisotopic (exact) mass is 280 g/mol. The van der Waals surface area contributed by atoms with Crippen molar-refractivity contribution >= 4 is 5.91 Å². The summed E-state index contributed by atoms with van der Waals surface area (Å²) in [6, 6.07) is 0. The van der Waals surface area contributed by atoms with Crippen molar-refractivity contribution in [2.75, 3.05) is 13.1 Å². The van der Waals surface area contributed by atoms with Gasteiger partial charge in [0.2, 0.25) is 5.91 Å². The summed E-state index contributed by atoms with van der Waals surface area (Å²) in [6.07, 6.45) is 13.8. The molecule has 3 nitrogen and oxygen atoms in total. The van der Waals surface area contributed by atoms with E-state index in [1.807, 2.05) is 0 Å². The van der Waals surface area contributed by atoms with Gasteiger partial charge in [-0.25, -0.2) is 0 Å². The Hall–Kier alpha value is -0.570. The van der Waals surface area contributed by atoms with E-state index in [-0.39, 0.29) is 5.92 Å². The van der Waals surface area contributed by atoms with E-state index in [9.17, 15) is 4.79 Å². The molecule has 0 aliphatic heterocycles. The number of amides is 1. The molecule has 3 N–H and O–H groups in total. The second-order valence-corrected chi connectivity index (χ2v) is 6.89. The number of rotatable bonds is 6. The predicted octanol–water partition coefficient (Wildman–Crippen LogP) is 3.23. The van der Waals surface area contributed by atoms with Crippen molar-refractivity contribution in [3.8, 4) is 0 Å². The fourth-order valence-electron chi connectivity index (χ4n) is 4.05. The lowest BCUT2D eigenvalue weighted by molar-refractivity contribution is -0.126. The molecule has 0 aromatic carbocycles. The van der Waals surface area contributed by atoms with E-state index in [0.29, 0.717) is 11.8 Å². The van der Waals surface area contributed by atoms with Gasteiger partial charge in [-0.3, -0.25) is 4.79 Å². The first-order chi connectivity index (χ1) is 9.79. The third-order valence-corrected chi connectivity index (χ3v) is 5.31. The molecule has 2 unspecified atom stereocenters. The molecular weight excluding hydrogens is 248 g/mol. The Balaban J connectivity index is 1.63.